The van der Waals surface area contributed by atoms with Crippen LogP contribution in [0.5, 0.6) is 11.5 Å². The number of hydrazone groups is 1. The lowest BCUT2D eigenvalue weighted by atomic mass is 10.2. The third-order valence-electron chi connectivity index (χ3n) is 2.94. The number of hydrogen-bond acceptors (Lipinski definition) is 4. The molecular formula is C17H19N3O3. The van der Waals surface area contributed by atoms with Crippen molar-refractivity contribution in [2.45, 2.75) is 6.92 Å². The molecule has 120 valence electrons. The van der Waals surface area contributed by atoms with Gasteiger partial charge in [0.05, 0.1) is 19.9 Å². The van der Waals surface area contributed by atoms with E-state index < -0.39 is 6.03 Å². The molecule has 2 aromatic carbocycles. The van der Waals surface area contributed by atoms with Crippen LogP contribution >= 0.6 is 0 Å². The van der Waals surface area contributed by atoms with Crippen molar-refractivity contribution in [1.82, 2.24) is 5.43 Å². The molecule has 6 heteroatoms. The van der Waals surface area contributed by atoms with E-state index in [2.05, 4.69) is 15.8 Å². The Bertz CT molecular complexity index is 669. The fourth-order valence-corrected chi connectivity index (χ4v) is 1.87. The van der Waals surface area contributed by atoms with Gasteiger partial charge in [0.1, 0.15) is 11.5 Å². The number of anilines is 1. The van der Waals surface area contributed by atoms with Crippen molar-refractivity contribution in [1.29, 1.82) is 0 Å². The first-order chi connectivity index (χ1) is 11.2. The number of carbonyl (C=O) groups excluding carboxylic acids is 1. The Kier molecular flexibility index (Phi) is 5.99. The largest absolute Gasteiger partial charge is 0.497 e. The van der Waals surface area contributed by atoms with Crippen LogP contribution < -0.4 is 20.2 Å². The number of methoxy groups -OCH3 is 1. The van der Waals surface area contributed by atoms with Crippen LogP contribution in [0.15, 0.2) is 53.6 Å². The molecule has 2 aromatic rings. The smallest absolute Gasteiger partial charge is 0.339 e. The Labute approximate surface area is 135 Å². The quantitative estimate of drug-likeness (QED) is 0.635. The van der Waals surface area contributed by atoms with Crippen LogP contribution in [0.4, 0.5) is 10.5 Å². The van der Waals surface area contributed by atoms with E-state index in [-0.39, 0.29) is 0 Å². The summed E-state index contributed by atoms with van der Waals surface area (Å²) in [5.74, 6) is 1.44. The first-order valence-corrected chi connectivity index (χ1v) is 7.19. The Morgan fingerprint density at radius 1 is 1.17 bits per heavy atom. The highest BCUT2D eigenvalue weighted by molar-refractivity contribution is 5.90. The van der Waals surface area contributed by atoms with Crippen molar-refractivity contribution in [2.75, 3.05) is 19.0 Å². The molecule has 0 fully saturated rings. The molecule has 0 aliphatic heterocycles. The number of amides is 2. The molecule has 0 atom stereocenters. The van der Waals surface area contributed by atoms with Gasteiger partial charge < -0.3 is 14.8 Å². The normalized spacial score (nSPS) is 10.3. The second-order valence-corrected chi connectivity index (χ2v) is 4.52. The molecule has 2 amide bonds. The average molecular weight is 313 g/mol. The van der Waals surface area contributed by atoms with E-state index in [1.54, 1.807) is 37.6 Å². The highest BCUT2D eigenvalue weighted by Gasteiger charge is 2.01. The minimum absolute atomic E-state index is 0.430. The van der Waals surface area contributed by atoms with Crippen LogP contribution in [0.2, 0.25) is 0 Å². The number of nitrogens with zero attached hydrogens (tertiary/aromatic N) is 1. The van der Waals surface area contributed by atoms with E-state index in [1.807, 2.05) is 31.2 Å². The van der Waals surface area contributed by atoms with Gasteiger partial charge in [-0.15, -0.1) is 0 Å². The highest BCUT2D eigenvalue weighted by atomic mass is 16.5. The van der Waals surface area contributed by atoms with E-state index >= 15 is 0 Å². The summed E-state index contributed by atoms with van der Waals surface area (Å²) in [5.41, 5.74) is 3.85. The van der Waals surface area contributed by atoms with Crippen LogP contribution in [-0.2, 0) is 0 Å². The molecular weight excluding hydrogens is 294 g/mol. The Morgan fingerprint density at radius 2 is 1.91 bits per heavy atom. The predicted octanol–water partition coefficient (Wildman–Crippen LogP) is 3.25. The Balaban J connectivity index is 1.90. The fourth-order valence-electron chi connectivity index (χ4n) is 1.87. The molecule has 0 aromatic heterocycles. The fraction of sp³-hybridized carbons (Fsp3) is 0.176. The zero-order valence-corrected chi connectivity index (χ0v) is 13.1. The third-order valence-corrected chi connectivity index (χ3v) is 2.94. The summed E-state index contributed by atoms with van der Waals surface area (Å²) < 4.78 is 10.5. The monoisotopic (exact) mass is 313 g/mol. The number of para-hydroxylation sites is 1. The summed E-state index contributed by atoms with van der Waals surface area (Å²) >= 11 is 0. The van der Waals surface area contributed by atoms with E-state index in [1.165, 1.54) is 0 Å². The van der Waals surface area contributed by atoms with Crippen molar-refractivity contribution in [2.24, 2.45) is 5.10 Å². The molecule has 2 rings (SSSR count). The zero-order chi connectivity index (χ0) is 16.5. The van der Waals surface area contributed by atoms with Crippen LogP contribution in [0.25, 0.3) is 0 Å². The van der Waals surface area contributed by atoms with Gasteiger partial charge in [0.2, 0.25) is 0 Å². The minimum atomic E-state index is -0.430. The molecule has 0 saturated heterocycles. The molecule has 0 heterocycles. The number of benzene rings is 2. The van der Waals surface area contributed by atoms with Gasteiger partial charge in [-0.25, -0.2) is 10.2 Å². The van der Waals surface area contributed by atoms with Crippen molar-refractivity contribution in [3.05, 3.63) is 54.1 Å². The highest BCUT2D eigenvalue weighted by Crippen LogP contribution is 2.16. The molecule has 2 N–H and O–H groups in total. The topological polar surface area (TPSA) is 72.0 Å². The van der Waals surface area contributed by atoms with Gasteiger partial charge in [0.25, 0.3) is 0 Å². The first-order valence-electron chi connectivity index (χ1n) is 7.19. The molecule has 0 aliphatic carbocycles. The summed E-state index contributed by atoms with van der Waals surface area (Å²) in [4.78, 5) is 11.8. The standard InChI is InChI=1S/C17H19N3O3/c1-3-23-16-7-5-4-6-13(16)12-18-20-17(21)19-14-8-10-15(22-2)11-9-14/h4-12H,3H2,1-2H3,(H2,19,20,21)/b18-12-. The lowest BCUT2D eigenvalue weighted by Gasteiger charge is -2.07. The number of hydrogen-bond donors (Lipinski definition) is 2. The maximum atomic E-state index is 11.8. The summed E-state index contributed by atoms with van der Waals surface area (Å²) in [7, 11) is 1.59. The van der Waals surface area contributed by atoms with Crippen LogP contribution in [0, 0.1) is 0 Å². The molecule has 0 saturated carbocycles. The van der Waals surface area contributed by atoms with Crippen molar-refractivity contribution >= 4 is 17.9 Å². The average Bonchev–Trinajstić information content (AvgIpc) is 2.57. The molecule has 0 spiro atoms. The first kappa shape index (κ1) is 16.4. The molecule has 0 unspecified atom stereocenters. The summed E-state index contributed by atoms with van der Waals surface area (Å²) in [6.45, 7) is 2.48. The van der Waals surface area contributed by atoms with Gasteiger partial charge in [-0.3, -0.25) is 0 Å². The zero-order valence-electron chi connectivity index (χ0n) is 13.1. The van der Waals surface area contributed by atoms with Gasteiger partial charge >= 0.3 is 6.03 Å². The number of rotatable bonds is 6. The number of nitrogens with one attached hydrogen (secondary N) is 2. The second-order valence-electron chi connectivity index (χ2n) is 4.52. The van der Waals surface area contributed by atoms with Gasteiger partial charge in [0.15, 0.2) is 0 Å². The summed E-state index contributed by atoms with van der Waals surface area (Å²) in [6, 6.07) is 14.0. The van der Waals surface area contributed by atoms with Gasteiger partial charge in [0, 0.05) is 11.3 Å². The third kappa shape index (κ3) is 5.03. The lowest BCUT2D eigenvalue weighted by molar-refractivity contribution is 0.252. The predicted molar refractivity (Wildman–Crippen MR) is 90.4 cm³/mol. The van der Waals surface area contributed by atoms with E-state index in [9.17, 15) is 4.79 Å². The molecule has 0 radical (unpaired) electrons. The van der Waals surface area contributed by atoms with E-state index in [0.717, 1.165) is 17.1 Å². The summed E-state index contributed by atoms with van der Waals surface area (Å²) in [5, 5.41) is 6.59. The van der Waals surface area contributed by atoms with E-state index in [0.29, 0.717) is 12.3 Å². The van der Waals surface area contributed by atoms with Crippen molar-refractivity contribution in [3.63, 3.8) is 0 Å². The molecule has 23 heavy (non-hydrogen) atoms. The maximum absolute atomic E-state index is 11.8. The van der Waals surface area contributed by atoms with Crippen LogP contribution in [-0.4, -0.2) is 26.0 Å². The van der Waals surface area contributed by atoms with Crippen molar-refractivity contribution in [3.8, 4) is 11.5 Å². The van der Waals surface area contributed by atoms with Crippen LogP contribution in [0.3, 0.4) is 0 Å². The lowest BCUT2D eigenvalue weighted by Crippen LogP contribution is -2.24. The van der Waals surface area contributed by atoms with E-state index in [4.69, 9.17) is 9.47 Å². The SMILES string of the molecule is CCOc1ccccc1/C=N\NC(=O)Nc1ccc(OC)cc1. The maximum Gasteiger partial charge on any atom is 0.339 e. The Hall–Kier alpha value is -3.02. The molecule has 0 aliphatic rings. The van der Waals surface area contributed by atoms with Gasteiger partial charge in [-0.2, -0.15) is 5.10 Å². The Morgan fingerprint density at radius 3 is 2.61 bits per heavy atom. The van der Waals surface area contributed by atoms with Gasteiger partial charge in [-0.1, -0.05) is 12.1 Å². The van der Waals surface area contributed by atoms with Gasteiger partial charge in [-0.05, 0) is 43.3 Å². The molecule has 0 bridgehead atoms. The van der Waals surface area contributed by atoms with Crippen LogP contribution in [0.1, 0.15) is 12.5 Å². The second kappa shape index (κ2) is 8.43. The number of carbonyl (C=O) groups is 1. The molecule has 6 nitrogen and oxygen atoms in total. The van der Waals surface area contributed by atoms with Crippen molar-refractivity contribution < 1.29 is 14.3 Å². The summed E-state index contributed by atoms with van der Waals surface area (Å²) in [6.07, 6.45) is 1.54. The number of ether oxygens (including phenoxy) is 2. The minimum Gasteiger partial charge on any atom is -0.497 e. The number of urea groups is 1.